The standard InChI is InChI=1S/C25H30N2Si/c1-26(2)19-12-14-21-23(16-19)28(5,6)24-17-20(27(3)4)13-15-22(24)25(21)18-10-8-7-9-11-18/h7-17,19H,1-6H3. The minimum Gasteiger partial charge on any atom is -0.378 e. The van der Waals surface area contributed by atoms with Gasteiger partial charge in [0.05, 0.1) is 0 Å². The van der Waals surface area contributed by atoms with Gasteiger partial charge in [-0.15, -0.1) is 0 Å². The summed E-state index contributed by atoms with van der Waals surface area (Å²) in [7, 11) is 6.76. The molecule has 2 aliphatic rings. The summed E-state index contributed by atoms with van der Waals surface area (Å²) in [6.45, 7) is 5.01. The molecule has 0 N–H and O–H groups in total. The number of anilines is 1. The quantitative estimate of drug-likeness (QED) is 0.719. The maximum Gasteiger partial charge on any atom is 0.113 e. The van der Waals surface area contributed by atoms with E-state index in [1.54, 1.807) is 10.4 Å². The largest absolute Gasteiger partial charge is 0.378 e. The molecule has 1 aliphatic heterocycles. The van der Waals surface area contributed by atoms with Crippen LogP contribution in [0.4, 0.5) is 5.69 Å². The van der Waals surface area contributed by atoms with Crippen molar-refractivity contribution in [3.8, 4) is 0 Å². The average Bonchev–Trinajstić information content (AvgIpc) is 2.68. The van der Waals surface area contributed by atoms with Crippen LogP contribution in [0.5, 0.6) is 0 Å². The van der Waals surface area contributed by atoms with Crippen LogP contribution in [0.15, 0.2) is 77.5 Å². The predicted octanol–water partition coefficient (Wildman–Crippen LogP) is 4.45. The number of likely N-dealkylation sites (N-methyl/N-ethyl adjacent to an activating group) is 1. The monoisotopic (exact) mass is 386 g/mol. The van der Waals surface area contributed by atoms with Gasteiger partial charge in [0, 0.05) is 25.8 Å². The molecule has 2 aromatic rings. The van der Waals surface area contributed by atoms with Crippen LogP contribution < -0.4 is 10.1 Å². The Hall–Kier alpha value is -2.36. The third kappa shape index (κ3) is 2.99. The Kier molecular flexibility index (Phi) is 4.68. The minimum atomic E-state index is -1.81. The van der Waals surface area contributed by atoms with Crippen LogP contribution in [0.2, 0.25) is 13.1 Å². The van der Waals surface area contributed by atoms with E-state index in [2.05, 4.69) is 118 Å². The van der Waals surface area contributed by atoms with Gasteiger partial charge in [-0.1, -0.05) is 67.7 Å². The molecule has 0 radical (unpaired) electrons. The Morgan fingerprint density at radius 3 is 2.25 bits per heavy atom. The number of hydrogen-bond acceptors (Lipinski definition) is 2. The molecule has 0 bridgehead atoms. The Labute approximate surface area is 170 Å². The van der Waals surface area contributed by atoms with E-state index >= 15 is 0 Å². The fourth-order valence-electron chi connectivity index (χ4n) is 4.44. The van der Waals surface area contributed by atoms with Crippen molar-refractivity contribution in [1.29, 1.82) is 0 Å². The summed E-state index contributed by atoms with van der Waals surface area (Å²) in [5.74, 6) is 0. The molecule has 2 nitrogen and oxygen atoms in total. The molecular weight excluding hydrogens is 356 g/mol. The van der Waals surface area contributed by atoms with Gasteiger partial charge < -0.3 is 4.90 Å². The fourth-order valence-corrected chi connectivity index (χ4v) is 7.59. The predicted molar refractivity (Wildman–Crippen MR) is 125 cm³/mol. The summed E-state index contributed by atoms with van der Waals surface area (Å²) in [6.07, 6.45) is 7.22. The molecule has 0 saturated heterocycles. The second-order valence-corrected chi connectivity index (χ2v) is 13.1. The van der Waals surface area contributed by atoms with Crippen molar-refractivity contribution in [3.05, 3.63) is 88.7 Å². The van der Waals surface area contributed by atoms with E-state index in [9.17, 15) is 0 Å². The van der Waals surface area contributed by atoms with E-state index < -0.39 is 8.07 Å². The van der Waals surface area contributed by atoms with E-state index in [0.29, 0.717) is 6.04 Å². The van der Waals surface area contributed by atoms with Crippen LogP contribution >= 0.6 is 0 Å². The van der Waals surface area contributed by atoms with Gasteiger partial charge >= 0.3 is 0 Å². The van der Waals surface area contributed by atoms with Crippen molar-refractivity contribution in [3.63, 3.8) is 0 Å². The van der Waals surface area contributed by atoms with Gasteiger partial charge in [-0.25, -0.2) is 0 Å². The SMILES string of the molecule is CN(C)c1ccc2c(c1)[Si](C)(C)C1=CC(N(C)C)C=CC1=C2c1ccccc1. The van der Waals surface area contributed by atoms with Crippen LogP contribution in [-0.2, 0) is 0 Å². The number of nitrogens with zero attached hydrogens (tertiary/aromatic N) is 2. The molecule has 1 atom stereocenters. The Morgan fingerprint density at radius 2 is 1.61 bits per heavy atom. The van der Waals surface area contributed by atoms with Crippen molar-refractivity contribution in [2.24, 2.45) is 0 Å². The number of fused-ring (bicyclic) bond motifs is 2. The van der Waals surface area contributed by atoms with Gasteiger partial charge in [-0.2, -0.15) is 0 Å². The van der Waals surface area contributed by atoms with Gasteiger partial charge in [0.15, 0.2) is 0 Å². The number of benzene rings is 2. The van der Waals surface area contributed by atoms with Gasteiger partial charge in [-0.3, -0.25) is 4.90 Å². The lowest BCUT2D eigenvalue weighted by Crippen LogP contribution is -2.50. The van der Waals surface area contributed by atoms with Gasteiger partial charge in [0.25, 0.3) is 0 Å². The molecule has 28 heavy (non-hydrogen) atoms. The van der Waals surface area contributed by atoms with Crippen molar-refractivity contribution < 1.29 is 0 Å². The first-order valence-corrected chi connectivity index (χ1v) is 13.0. The normalized spacial score (nSPS) is 20.0. The molecule has 0 amide bonds. The molecule has 4 rings (SSSR count). The summed E-state index contributed by atoms with van der Waals surface area (Å²) in [5, 5.41) is 3.11. The second kappa shape index (κ2) is 6.91. The molecule has 0 saturated carbocycles. The van der Waals surface area contributed by atoms with Crippen molar-refractivity contribution >= 4 is 24.5 Å². The zero-order valence-electron chi connectivity index (χ0n) is 17.8. The number of rotatable bonds is 3. The highest BCUT2D eigenvalue weighted by molar-refractivity contribution is 6.97. The first-order valence-electron chi connectivity index (χ1n) is 10.00. The zero-order valence-corrected chi connectivity index (χ0v) is 18.8. The summed E-state index contributed by atoms with van der Waals surface area (Å²) in [6, 6.07) is 18.3. The topological polar surface area (TPSA) is 6.48 Å². The van der Waals surface area contributed by atoms with Crippen LogP contribution in [0, 0.1) is 0 Å². The maximum atomic E-state index is 2.51. The van der Waals surface area contributed by atoms with Gasteiger partial charge in [0.1, 0.15) is 8.07 Å². The molecule has 1 heterocycles. The lowest BCUT2D eigenvalue weighted by Gasteiger charge is -2.40. The Morgan fingerprint density at radius 1 is 0.893 bits per heavy atom. The highest BCUT2D eigenvalue weighted by Crippen LogP contribution is 2.42. The highest BCUT2D eigenvalue weighted by Gasteiger charge is 2.40. The van der Waals surface area contributed by atoms with E-state index in [0.717, 1.165) is 0 Å². The smallest absolute Gasteiger partial charge is 0.113 e. The van der Waals surface area contributed by atoms with Crippen LogP contribution in [-0.4, -0.2) is 47.2 Å². The first-order chi connectivity index (χ1) is 13.3. The maximum absolute atomic E-state index is 2.51. The lowest BCUT2D eigenvalue weighted by atomic mass is 9.89. The van der Waals surface area contributed by atoms with Crippen LogP contribution in [0.25, 0.3) is 5.57 Å². The summed E-state index contributed by atoms with van der Waals surface area (Å²) < 4.78 is 0. The minimum absolute atomic E-state index is 0.362. The lowest BCUT2D eigenvalue weighted by molar-refractivity contribution is 0.390. The summed E-state index contributed by atoms with van der Waals surface area (Å²) in [4.78, 5) is 4.50. The molecule has 2 aromatic carbocycles. The van der Waals surface area contributed by atoms with Crippen molar-refractivity contribution in [1.82, 2.24) is 4.90 Å². The van der Waals surface area contributed by atoms with Crippen molar-refractivity contribution in [2.45, 2.75) is 19.1 Å². The van der Waals surface area contributed by atoms with E-state index in [1.807, 2.05) is 0 Å². The molecular formula is C25H30N2Si. The van der Waals surface area contributed by atoms with Crippen LogP contribution in [0.1, 0.15) is 11.1 Å². The zero-order chi connectivity index (χ0) is 20.1. The van der Waals surface area contributed by atoms with Crippen LogP contribution in [0.3, 0.4) is 0 Å². The number of allylic oxidation sites excluding steroid dienone is 3. The molecule has 0 aromatic heterocycles. The van der Waals surface area contributed by atoms with E-state index in [-0.39, 0.29) is 0 Å². The second-order valence-electron chi connectivity index (χ2n) is 8.80. The third-order valence-corrected chi connectivity index (χ3v) is 9.69. The highest BCUT2D eigenvalue weighted by atomic mass is 28.3. The van der Waals surface area contributed by atoms with E-state index in [4.69, 9.17) is 0 Å². The average molecular weight is 387 g/mol. The molecule has 0 fully saturated rings. The molecule has 144 valence electrons. The Bertz CT molecular complexity index is 994. The summed E-state index contributed by atoms with van der Waals surface area (Å²) in [5.41, 5.74) is 6.80. The van der Waals surface area contributed by atoms with E-state index in [1.165, 1.54) is 28.0 Å². The molecule has 0 spiro atoms. The first kappa shape index (κ1) is 19.0. The Balaban J connectivity index is 2.04. The molecule has 1 unspecified atom stereocenters. The van der Waals surface area contributed by atoms with Gasteiger partial charge in [0.2, 0.25) is 0 Å². The molecule has 1 aliphatic carbocycles. The number of hydrogen-bond donors (Lipinski definition) is 0. The van der Waals surface area contributed by atoms with Crippen molar-refractivity contribution in [2.75, 3.05) is 33.1 Å². The summed E-state index contributed by atoms with van der Waals surface area (Å²) >= 11 is 0. The fraction of sp³-hybridized carbons (Fsp3) is 0.280. The third-order valence-electron chi connectivity index (χ3n) is 6.15. The van der Waals surface area contributed by atoms with Gasteiger partial charge in [-0.05, 0) is 58.9 Å². The molecule has 3 heteroatoms.